The minimum atomic E-state index is 0.367. The molecule has 1 atom stereocenters. The van der Waals surface area contributed by atoms with Gasteiger partial charge in [0, 0.05) is 22.5 Å². The fraction of sp³-hybridized carbons (Fsp3) is 0.200. The summed E-state index contributed by atoms with van der Waals surface area (Å²) in [5, 5.41) is 4.13. The van der Waals surface area contributed by atoms with Crippen molar-refractivity contribution in [3.63, 3.8) is 0 Å². The topological polar surface area (TPSA) is 21.3 Å². The molecule has 1 aliphatic heterocycles. The summed E-state index contributed by atoms with van der Waals surface area (Å²) in [6.45, 7) is 1.53. The molecule has 0 amide bonds. The maximum atomic E-state index is 6.17. The van der Waals surface area contributed by atoms with Crippen LogP contribution in [0.2, 0.25) is 5.02 Å². The number of ether oxygens (including phenoxy) is 1. The van der Waals surface area contributed by atoms with Crippen LogP contribution in [0.25, 0.3) is 0 Å². The molecule has 0 saturated carbocycles. The second kappa shape index (κ2) is 5.43. The summed E-state index contributed by atoms with van der Waals surface area (Å²) in [4.78, 5) is 0. The highest BCUT2D eigenvalue weighted by atomic mass is 79.9. The molecule has 2 aromatic rings. The van der Waals surface area contributed by atoms with E-state index in [4.69, 9.17) is 16.3 Å². The number of rotatable bonds is 3. The van der Waals surface area contributed by atoms with Crippen molar-refractivity contribution in [2.75, 3.05) is 18.5 Å². The molecule has 19 heavy (non-hydrogen) atoms. The first kappa shape index (κ1) is 12.8. The molecule has 1 unspecified atom stereocenters. The van der Waals surface area contributed by atoms with E-state index in [9.17, 15) is 0 Å². The third-order valence-corrected chi connectivity index (χ3v) is 4.09. The van der Waals surface area contributed by atoms with Gasteiger partial charge in [0.15, 0.2) is 0 Å². The Bertz CT molecular complexity index is 602. The Hall–Kier alpha value is -1.19. The lowest BCUT2D eigenvalue weighted by Gasteiger charge is -2.13. The highest BCUT2D eigenvalue weighted by Crippen LogP contribution is 2.34. The van der Waals surface area contributed by atoms with Gasteiger partial charge in [0.05, 0.1) is 17.3 Å². The zero-order valence-electron chi connectivity index (χ0n) is 10.2. The first-order valence-electron chi connectivity index (χ1n) is 6.14. The summed E-state index contributed by atoms with van der Waals surface area (Å²) in [5.41, 5.74) is 2.21. The van der Waals surface area contributed by atoms with Crippen molar-refractivity contribution in [3.8, 4) is 5.75 Å². The molecular weight excluding hydrogens is 326 g/mol. The van der Waals surface area contributed by atoms with Gasteiger partial charge in [0.25, 0.3) is 0 Å². The predicted molar refractivity (Wildman–Crippen MR) is 82.3 cm³/mol. The standard InChI is InChI=1S/C15H13BrClNO/c16-11-5-6-13(17)14(7-11)18-8-10-9-19-15-4-2-1-3-12(10)15/h1-7,10,18H,8-9H2. The number of para-hydroxylation sites is 1. The van der Waals surface area contributed by atoms with E-state index in [0.29, 0.717) is 5.92 Å². The van der Waals surface area contributed by atoms with Gasteiger partial charge in [-0.25, -0.2) is 0 Å². The van der Waals surface area contributed by atoms with Crippen LogP contribution in [0.5, 0.6) is 5.75 Å². The highest BCUT2D eigenvalue weighted by molar-refractivity contribution is 9.10. The van der Waals surface area contributed by atoms with E-state index in [1.54, 1.807) is 0 Å². The van der Waals surface area contributed by atoms with Crippen molar-refractivity contribution < 1.29 is 4.74 Å². The molecule has 3 rings (SSSR count). The van der Waals surface area contributed by atoms with Crippen LogP contribution in [0.3, 0.4) is 0 Å². The average molecular weight is 339 g/mol. The van der Waals surface area contributed by atoms with Crippen LogP contribution in [0.15, 0.2) is 46.9 Å². The molecule has 0 bridgehead atoms. The Morgan fingerprint density at radius 3 is 3.00 bits per heavy atom. The Labute approximate surface area is 125 Å². The van der Waals surface area contributed by atoms with Crippen LogP contribution in [0.1, 0.15) is 11.5 Å². The van der Waals surface area contributed by atoms with Crippen LogP contribution < -0.4 is 10.1 Å². The SMILES string of the molecule is Clc1ccc(Br)cc1NCC1COc2ccccc21. The Kier molecular flexibility index (Phi) is 3.67. The van der Waals surface area contributed by atoms with Gasteiger partial charge in [-0.2, -0.15) is 0 Å². The maximum absolute atomic E-state index is 6.17. The largest absolute Gasteiger partial charge is 0.493 e. The summed E-state index contributed by atoms with van der Waals surface area (Å²) in [7, 11) is 0. The molecule has 0 aliphatic carbocycles. The molecule has 0 fully saturated rings. The van der Waals surface area contributed by atoms with Crippen molar-refractivity contribution in [2.45, 2.75) is 5.92 Å². The lowest BCUT2D eigenvalue weighted by atomic mass is 10.0. The lowest BCUT2D eigenvalue weighted by Crippen LogP contribution is -2.14. The van der Waals surface area contributed by atoms with Gasteiger partial charge in [0.2, 0.25) is 0 Å². The van der Waals surface area contributed by atoms with Gasteiger partial charge in [-0.1, -0.05) is 45.7 Å². The van der Waals surface area contributed by atoms with Crippen molar-refractivity contribution in [1.82, 2.24) is 0 Å². The zero-order valence-corrected chi connectivity index (χ0v) is 12.5. The summed E-state index contributed by atoms with van der Waals surface area (Å²) >= 11 is 9.62. The van der Waals surface area contributed by atoms with E-state index in [0.717, 1.165) is 34.1 Å². The van der Waals surface area contributed by atoms with Gasteiger partial charge in [-0.3, -0.25) is 0 Å². The molecule has 1 aliphatic rings. The molecule has 2 aromatic carbocycles. The minimum absolute atomic E-state index is 0.367. The summed E-state index contributed by atoms with van der Waals surface area (Å²) in [6.07, 6.45) is 0. The number of halogens is 2. The molecule has 1 heterocycles. The fourth-order valence-electron chi connectivity index (χ4n) is 2.26. The normalized spacial score (nSPS) is 16.8. The smallest absolute Gasteiger partial charge is 0.122 e. The third-order valence-electron chi connectivity index (χ3n) is 3.27. The molecule has 98 valence electrons. The first-order chi connectivity index (χ1) is 9.24. The minimum Gasteiger partial charge on any atom is -0.493 e. The molecular formula is C15H13BrClNO. The van der Waals surface area contributed by atoms with E-state index in [1.807, 2.05) is 36.4 Å². The monoisotopic (exact) mass is 337 g/mol. The van der Waals surface area contributed by atoms with Crippen molar-refractivity contribution in [2.24, 2.45) is 0 Å². The van der Waals surface area contributed by atoms with Gasteiger partial charge >= 0.3 is 0 Å². The van der Waals surface area contributed by atoms with Gasteiger partial charge in [0.1, 0.15) is 5.75 Å². The molecule has 1 N–H and O–H groups in total. The van der Waals surface area contributed by atoms with Crippen molar-refractivity contribution in [3.05, 3.63) is 57.5 Å². The zero-order chi connectivity index (χ0) is 13.2. The van der Waals surface area contributed by atoms with E-state index in [2.05, 4.69) is 27.3 Å². The second-order valence-electron chi connectivity index (χ2n) is 4.55. The van der Waals surface area contributed by atoms with E-state index >= 15 is 0 Å². The fourth-order valence-corrected chi connectivity index (χ4v) is 2.81. The molecule has 0 aromatic heterocycles. The van der Waals surface area contributed by atoms with E-state index in [1.165, 1.54) is 5.56 Å². The van der Waals surface area contributed by atoms with Gasteiger partial charge in [-0.05, 0) is 24.3 Å². The molecule has 2 nitrogen and oxygen atoms in total. The number of hydrogen-bond donors (Lipinski definition) is 1. The van der Waals surface area contributed by atoms with Crippen LogP contribution in [0, 0.1) is 0 Å². The van der Waals surface area contributed by atoms with E-state index in [-0.39, 0.29) is 0 Å². The number of fused-ring (bicyclic) bond motifs is 1. The van der Waals surface area contributed by atoms with Crippen LogP contribution in [-0.2, 0) is 0 Å². The van der Waals surface area contributed by atoms with E-state index < -0.39 is 0 Å². The second-order valence-corrected chi connectivity index (χ2v) is 5.87. The number of hydrogen-bond acceptors (Lipinski definition) is 2. The average Bonchev–Trinajstić information content (AvgIpc) is 2.83. The number of anilines is 1. The van der Waals surface area contributed by atoms with Crippen LogP contribution >= 0.6 is 27.5 Å². The summed E-state index contributed by atoms with van der Waals surface area (Å²) < 4.78 is 6.69. The molecule has 0 spiro atoms. The Morgan fingerprint density at radius 2 is 2.11 bits per heavy atom. The van der Waals surface area contributed by atoms with Gasteiger partial charge in [-0.15, -0.1) is 0 Å². The lowest BCUT2D eigenvalue weighted by molar-refractivity contribution is 0.334. The highest BCUT2D eigenvalue weighted by Gasteiger charge is 2.23. The van der Waals surface area contributed by atoms with Crippen molar-refractivity contribution >= 4 is 33.2 Å². The van der Waals surface area contributed by atoms with Crippen LogP contribution in [0.4, 0.5) is 5.69 Å². The number of nitrogens with one attached hydrogen (secondary N) is 1. The maximum Gasteiger partial charge on any atom is 0.122 e. The quantitative estimate of drug-likeness (QED) is 0.876. The summed E-state index contributed by atoms with van der Waals surface area (Å²) in [5.74, 6) is 1.36. The summed E-state index contributed by atoms with van der Waals surface area (Å²) in [6, 6.07) is 14.0. The Balaban J connectivity index is 1.72. The third kappa shape index (κ3) is 2.72. The number of benzene rings is 2. The molecule has 4 heteroatoms. The molecule has 0 radical (unpaired) electrons. The predicted octanol–water partition coefficient (Wildman–Crippen LogP) is 4.69. The van der Waals surface area contributed by atoms with Crippen LogP contribution in [-0.4, -0.2) is 13.2 Å². The van der Waals surface area contributed by atoms with Gasteiger partial charge < -0.3 is 10.1 Å². The first-order valence-corrected chi connectivity index (χ1v) is 7.32. The van der Waals surface area contributed by atoms with Crippen molar-refractivity contribution in [1.29, 1.82) is 0 Å². The Morgan fingerprint density at radius 1 is 1.26 bits per heavy atom. The molecule has 0 saturated heterocycles.